The third kappa shape index (κ3) is 4.45. The average molecular weight is 206 g/mol. The summed E-state index contributed by atoms with van der Waals surface area (Å²) in [6.07, 6.45) is 4.64. The average Bonchev–Trinajstić information content (AvgIpc) is 2.24. The zero-order valence-electron chi connectivity index (χ0n) is 9.79. The van der Waals surface area contributed by atoms with Gasteiger partial charge in [-0.05, 0) is 25.3 Å². The number of nitrogens with two attached hydrogens (primary N) is 1. The molecule has 0 aliphatic heterocycles. The van der Waals surface area contributed by atoms with E-state index in [0.717, 1.165) is 12.8 Å². The van der Waals surface area contributed by atoms with Crippen molar-refractivity contribution in [2.24, 2.45) is 5.84 Å². The monoisotopic (exact) mass is 206 g/mol. The predicted molar refractivity (Wildman–Crippen MR) is 65.5 cm³/mol. The Morgan fingerprint density at radius 3 is 2.80 bits per heavy atom. The van der Waals surface area contributed by atoms with Crippen LogP contribution in [0.1, 0.15) is 37.3 Å². The van der Waals surface area contributed by atoms with Crippen LogP contribution in [-0.2, 0) is 6.42 Å². The van der Waals surface area contributed by atoms with Gasteiger partial charge in [0.25, 0.3) is 0 Å². The molecule has 0 saturated carbocycles. The Hall–Kier alpha value is -0.860. The van der Waals surface area contributed by atoms with E-state index >= 15 is 0 Å². The Balaban J connectivity index is 2.50. The predicted octanol–water partition coefficient (Wildman–Crippen LogP) is 2.56. The van der Waals surface area contributed by atoms with Crippen LogP contribution >= 0.6 is 0 Å². The van der Waals surface area contributed by atoms with E-state index in [9.17, 15) is 0 Å². The van der Waals surface area contributed by atoms with Gasteiger partial charge in [0, 0.05) is 6.04 Å². The lowest BCUT2D eigenvalue weighted by molar-refractivity contribution is 0.473. The summed E-state index contributed by atoms with van der Waals surface area (Å²) in [5.41, 5.74) is 5.59. The number of aryl methyl sites for hydroxylation is 1. The fourth-order valence-electron chi connectivity index (χ4n) is 1.82. The van der Waals surface area contributed by atoms with E-state index in [2.05, 4.69) is 43.5 Å². The summed E-state index contributed by atoms with van der Waals surface area (Å²) in [6, 6.07) is 9.05. The summed E-state index contributed by atoms with van der Waals surface area (Å²) in [5.74, 6) is 5.55. The highest BCUT2D eigenvalue weighted by Crippen LogP contribution is 2.10. The van der Waals surface area contributed by atoms with Gasteiger partial charge in [-0.2, -0.15) is 0 Å². The van der Waals surface area contributed by atoms with Gasteiger partial charge in [0.05, 0.1) is 0 Å². The zero-order valence-corrected chi connectivity index (χ0v) is 9.79. The lowest BCUT2D eigenvalue weighted by Gasteiger charge is -2.15. The van der Waals surface area contributed by atoms with E-state index in [1.165, 1.54) is 24.0 Å². The van der Waals surface area contributed by atoms with Crippen LogP contribution in [0.2, 0.25) is 0 Å². The molecule has 1 aromatic carbocycles. The van der Waals surface area contributed by atoms with Crippen LogP contribution < -0.4 is 11.3 Å². The summed E-state index contributed by atoms with van der Waals surface area (Å²) in [6.45, 7) is 4.33. The third-order valence-electron chi connectivity index (χ3n) is 2.71. The maximum atomic E-state index is 5.55. The third-order valence-corrected chi connectivity index (χ3v) is 2.71. The molecule has 2 nitrogen and oxygen atoms in total. The molecule has 1 unspecified atom stereocenters. The minimum atomic E-state index is 0.409. The van der Waals surface area contributed by atoms with Crippen molar-refractivity contribution in [3.63, 3.8) is 0 Å². The van der Waals surface area contributed by atoms with Gasteiger partial charge in [0.1, 0.15) is 0 Å². The molecule has 1 atom stereocenters. The molecular weight excluding hydrogens is 184 g/mol. The maximum Gasteiger partial charge on any atom is 0.0250 e. The maximum absolute atomic E-state index is 5.55. The van der Waals surface area contributed by atoms with Crippen molar-refractivity contribution in [3.05, 3.63) is 35.4 Å². The van der Waals surface area contributed by atoms with Crippen molar-refractivity contribution in [3.8, 4) is 0 Å². The lowest BCUT2D eigenvalue weighted by Crippen LogP contribution is -2.36. The minimum absolute atomic E-state index is 0.409. The molecule has 0 heterocycles. The Morgan fingerprint density at radius 2 is 2.20 bits per heavy atom. The largest absolute Gasteiger partial charge is 0.271 e. The van der Waals surface area contributed by atoms with Crippen LogP contribution in [0.15, 0.2) is 24.3 Å². The van der Waals surface area contributed by atoms with Crippen LogP contribution in [0.25, 0.3) is 0 Å². The lowest BCUT2D eigenvalue weighted by atomic mass is 10.0. The molecule has 0 aliphatic carbocycles. The molecule has 0 aliphatic rings. The zero-order chi connectivity index (χ0) is 11.1. The number of hydrogen-bond acceptors (Lipinski definition) is 2. The molecular formula is C13H22N2. The van der Waals surface area contributed by atoms with Crippen LogP contribution in [0.3, 0.4) is 0 Å². The number of benzene rings is 1. The fourth-order valence-corrected chi connectivity index (χ4v) is 1.82. The topological polar surface area (TPSA) is 38.0 Å². The van der Waals surface area contributed by atoms with Crippen molar-refractivity contribution in [1.82, 2.24) is 5.43 Å². The summed E-state index contributed by atoms with van der Waals surface area (Å²) in [5, 5.41) is 0. The van der Waals surface area contributed by atoms with Gasteiger partial charge in [0.15, 0.2) is 0 Å². The Morgan fingerprint density at radius 1 is 1.40 bits per heavy atom. The molecule has 0 aromatic heterocycles. The first kappa shape index (κ1) is 12.2. The second kappa shape index (κ2) is 6.59. The molecule has 1 rings (SSSR count). The summed E-state index contributed by atoms with van der Waals surface area (Å²) >= 11 is 0. The molecule has 3 N–H and O–H groups in total. The highest BCUT2D eigenvalue weighted by molar-refractivity contribution is 5.22. The minimum Gasteiger partial charge on any atom is -0.271 e. The van der Waals surface area contributed by atoms with Gasteiger partial charge < -0.3 is 0 Å². The number of unbranched alkanes of at least 4 members (excludes halogenated alkanes) is 1. The summed E-state index contributed by atoms with van der Waals surface area (Å²) in [4.78, 5) is 0. The van der Waals surface area contributed by atoms with Gasteiger partial charge in [-0.1, -0.05) is 49.6 Å². The van der Waals surface area contributed by atoms with Crippen molar-refractivity contribution in [1.29, 1.82) is 0 Å². The first-order valence-corrected chi connectivity index (χ1v) is 5.78. The van der Waals surface area contributed by atoms with Gasteiger partial charge in [0.2, 0.25) is 0 Å². The molecule has 0 spiro atoms. The highest BCUT2D eigenvalue weighted by Gasteiger charge is 2.06. The van der Waals surface area contributed by atoms with Gasteiger partial charge >= 0.3 is 0 Å². The Labute approximate surface area is 92.8 Å². The fraction of sp³-hybridized carbons (Fsp3) is 0.538. The molecule has 0 saturated heterocycles. The normalized spacial score (nSPS) is 12.7. The SMILES string of the molecule is CCCCC(Cc1cccc(C)c1)NN. The van der Waals surface area contributed by atoms with Crippen LogP contribution in [0.5, 0.6) is 0 Å². The van der Waals surface area contributed by atoms with E-state index in [1.54, 1.807) is 0 Å². The van der Waals surface area contributed by atoms with Crippen molar-refractivity contribution in [2.45, 2.75) is 45.6 Å². The summed E-state index contributed by atoms with van der Waals surface area (Å²) in [7, 11) is 0. The highest BCUT2D eigenvalue weighted by atomic mass is 15.2. The van der Waals surface area contributed by atoms with Gasteiger partial charge in [-0.3, -0.25) is 11.3 Å². The smallest absolute Gasteiger partial charge is 0.0250 e. The van der Waals surface area contributed by atoms with Crippen molar-refractivity contribution < 1.29 is 0 Å². The molecule has 2 heteroatoms. The molecule has 0 radical (unpaired) electrons. The van der Waals surface area contributed by atoms with E-state index in [4.69, 9.17) is 5.84 Å². The van der Waals surface area contributed by atoms with Gasteiger partial charge in [-0.25, -0.2) is 0 Å². The summed E-state index contributed by atoms with van der Waals surface area (Å²) < 4.78 is 0. The molecule has 15 heavy (non-hydrogen) atoms. The molecule has 0 fully saturated rings. The van der Waals surface area contributed by atoms with E-state index in [-0.39, 0.29) is 0 Å². The van der Waals surface area contributed by atoms with Gasteiger partial charge in [-0.15, -0.1) is 0 Å². The molecule has 84 valence electrons. The van der Waals surface area contributed by atoms with E-state index < -0.39 is 0 Å². The number of hydrogen-bond donors (Lipinski definition) is 2. The quantitative estimate of drug-likeness (QED) is 0.554. The second-order valence-corrected chi connectivity index (χ2v) is 4.20. The number of nitrogens with one attached hydrogen (secondary N) is 1. The first-order chi connectivity index (χ1) is 7.26. The van der Waals surface area contributed by atoms with E-state index in [0.29, 0.717) is 6.04 Å². The van der Waals surface area contributed by atoms with E-state index in [1.807, 2.05) is 0 Å². The van der Waals surface area contributed by atoms with Crippen molar-refractivity contribution in [2.75, 3.05) is 0 Å². The van der Waals surface area contributed by atoms with Crippen LogP contribution in [0.4, 0.5) is 0 Å². The molecule has 0 bridgehead atoms. The number of rotatable bonds is 6. The second-order valence-electron chi connectivity index (χ2n) is 4.20. The Bertz CT molecular complexity index is 284. The van der Waals surface area contributed by atoms with Crippen LogP contribution in [-0.4, -0.2) is 6.04 Å². The first-order valence-electron chi connectivity index (χ1n) is 5.78. The standard InChI is InChI=1S/C13H22N2/c1-3-4-8-13(15-14)10-12-7-5-6-11(2)9-12/h5-7,9,13,15H,3-4,8,10,14H2,1-2H3. The van der Waals surface area contributed by atoms with Crippen molar-refractivity contribution >= 4 is 0 Å². The molecule has 1 aromatic rings. The molecule has 0 amide bonds. The Kier molecular flexibility index (Phi) is 5.37. The number of hydrazine groups is 1. The van der Waals surface area contributed by atoms with Crippen LogP contribution in [0, 0.1) is 6.92 Å².